The van der Waals surface area contributed by atoms with E-state index in [2.05, 4.69) is 21.3 Å². The van der Waals surface area contributed by atoms with Gasteiger partial charge in [-0.25, -0.2) is 4.79 Å². The molecule has 0 saturated heterocycles. The number of ether oxygens (including phenoxy) is 1. The van der Waals surface area contributed by atoms with Crippen LogP contribution in [0.25, 0.3) is 0 Å². The number of anilines is 1. The number of rotatable bonds is 17. The van der Waals surface area contributed by atoms with E-state index >= 15 is 0 Å². The van der Waals surface area contributed by atoms with Crippen molar-refractivity contribution in [3.8, 4) is 0 Å². The second-order valence-electron chi connectivity index (χ2n) is 10.2. The molecule has 40 heavy (non-hydrogen) atoms. The van der Waals surface area contributed by atoms with E-state index in [0.717, 1.165) is 5.56 Å². The molecular formula is C28H43N5O7. The largest absolute Gasteiger partial charge is 0.461 e. The number of esters is 1. The van der Waals surface area contributed by atoms with Crippen LogP contribution in [0.2, 0.25) is 0 Å². The van der Waals surface area contributed by atoms with Crippen molar-refractivity contribution in [2.24, 2.45) is 17.6 Å². The van der Waals surface area contributed by atoms with Gasteiger partial charge in [0.1, 0.15) is 24.5 Å². The van der Waals surface area contributed by atoms with Crippen molar-refractivity contribution in [1.29, 1.82) is 0 Å². The van der Waals surface area contributed by atoms with Crippen LogP contribution >= 0.6 is 0 Å². The molecule has 6 N–H and O–H groups in total. The second kappa shape index (κ2) is 17.6. The third kappa shape index (κ3) is 13.7. The number of urea groups is 1. The van der Waals surface area contributed by atoms with Crippen LogP contribution < -0.4 is 27.0 Å². The van der Waals surface area contributed by atoms with Gasteiger partial charge in [-0.15, -0.1) is 0 Å². The second-order valence-corrected chi connectivity index (χ2v) is 10.2. The Balaban J connectivity index is 2.87. The monoisotopic (exact) mass is 561 g/mol. The molecule has 0 fully saturated rings. The average Bonchev–Trinajstić information content (AvgIpc) is 2.87. The Bertz CT molecular complexity index is 1020. The van der Waals surface area contributed by atoms with Gasteiger partial charge in [-0.1, -0.05) is 39.8 Å². The number of carbonyl (C=O) groups excluding carboxylic acids is 6. The SMILES string of the molecule is CC(=O)OCc1ccc(NC(=O)[C@H](CCCNC(N)=O)NC(=O)[C@@H](NC(=O)CCCC(=O)C(C)C)C(C)C)cc1. The molecule has 0 heterocycles. The number of benzene rings is 1. The Morgan fingerprint density at radius 1 is 0.875 bits per heavy atom. The molecule has 2 atom stereocenters. The maximum atomic E-state index is 13.2. The van der Waals surface area contributed by atoms with Crippen LogP contribution in [-0.4, -0.2) is 54.1 Å². The van der Waals surface area contributed by atoms with Crippen molar-refractivity contribution in [1.82, 2.24) is 16.0 Å². The molecule has 0 aliphatic heterocycles. The van der Waals surface area contributed by atoms with Crippen molar-refractivity contribution < 1.29 is 33.5 Å². The number of ketones is 1. The van der Waals surface area contributed by atoms with E-state index in [4.69, 9.17) is 10.5 Å². The number of hydrogen-bond acceptors (Lipinski definition) is 7. The van der Waals surface area contributed by atoms with Crippen LogP contribution in [0.4, 0.5) is 10.5 Å². The molecule has 0 aromatic heterocycles. The van der Waals surface area contributed by atoms with Gasteiger partial charge < -0.3 is 31.7 Å². The number of Topliss-reactive ketones (excluding diaryl/α,β-unsaturated/α-hetero) is 1. The van der Waals surface area contributed by atoms with Crippen molar-refractivity contribution in [2.75, 3.05) is 11.9 Å². The van der Waals surface area contributed by atoms with Gasteiger partial charge in [-0.05, 0) is 42.9 Å². The summed E-state index contributed by atoms with van der Waals surface area (Å²) in [6, 6.07) is 4.12. The van der Waals surface area contributed by atoms with Gasteiger partial charge in [-0.2, -0.15) is 0 Å². The molecule has 12 heteroatoms. The highest BCUT2D eigenvalue weighted by atomic mass is 16.5. The number of nitrogens with one attached hydrogen (secondary N) is 4. The van der Waals surface area contributed by atoms with Gasteiger partial charge >= 0.3 is 12.0 Å². The van der Waals surface area contributed by atoms with E-state index < -0.39 is 35.9 Å². The van der Waals surface area contributed by atoms with E-state index in [-0.39, 0.29) is 55.9 Å². The number of primary amides is 1. The molecule has 222 valence electrons. The summed E-state index contributed by atoms with van der Waals surface area (Å²) in [5.41, 5.74) is 6.31. The van der Waals surface area contributed by atoms with Crippen molar-refractivity contribution >= 4 is 41.2 Å². The zero-order valence-electron chi connectivity index (χ0n) is 24.0. The molecule has 1 aromatic carbocycles. The molecule has 0 saturated carbocycles. The van der Waals surface area contributed by atoms with Crippen LogP contribution in [0.15, 0.2) is 24.3 Å². The van der Waals surface area contributed by atoms with Crippen LogP contribution in [0.3, 0.4) is 0 Å². The smallest absolute Gasteiger partial charge is 0.312 e. The van der Waals surface area contributed by atoms with Gasteiger partial charge in [0.2, 0.25) is 17.7 Å². The predicted octanol–water partition coefficient (Wildman–Crippen LogP) is 2.16. The molecule has 0 unspecified atom stereocenters. The van der Waals surface area contributed by atoms with Gasteiger partial charge in [-0.3, -0.25) is 24.0 Å². The Morgan fingerprint density at radius 2 is 1.52 bits per heavy atom. The van der Waals surface area contributed by atoms with Gasteiger partial charge in [0.25, 0.3) is 0 Å². The molecule has 1 aromatic rings. The molecule has 0 aliphatic rings. The van der Waals surface area contributed by atoms with E-state index in [1.165, 1.54) is 6.92 Å². The fourth-order valence-electron chi connectivity index (χ4n) is 3.64. The van der Waals surface area contributed by atoms with Crippen molar-refractivity contribution in [3.63, 3.8) is 0 Å². The lowest BCUT2D eigenvalue weighted by Crippen LogP contribution is -2.54. The summed E-state index contributed by atoms with van der Waals surface area (Å²) in [5.74, 6) is -2.07. The predicted molar refractivity (Wildman–Crippen MR) is 150 cm³/mol. The Hall–Kier alpha value is -3.96. The minimum Gasteiger partial charge on any atom is -0.461 e. The normalized spacial score (nSPS) is 12.3. The van der Waals surface area contributed by atoms with Gasteiger partial charge in [0, 0.05) is 37.9 Å². The Kier molecular flexibility index (Phi) is 15.0. The lowest BCUT2D eigenvalue weighted by Gasteiger charge is -2.25. The van der Waals surface area contributed by atoms with Crippen LogP contribution in [-0.2, 0) is 35.3 Å². The van der Waals surface area contributed by atoms with E-state index in [1.54, 1.807) is 52.0 Å². The highest BCUT2D eigenvalue weighted by molar-refractivity contribution is 5.98. The molecule has 0 spiro atoms. The molecule has 1 rings (SSSR count). The average molecular weight is 562 g/mol. The zero-order chi connectivity index (χ0) is 30.2. The highest BCUT2D eigenvalue weighted by Crippen LogP contribution is 2.13. The summed E-state index contributed by atoms with van der Waals surface area (Å²) >= 11 is 0. The fourth-order valence-corrected chi connectivity index (χ4v) is 3.64. The van der Waals surface area contributed by atoms with Crippen LogP contribution in [0.1, 0.15) is 72.3 Å². The first-order chi connectivity index (χ1) is 18.8. The first-order valence-electron chi connectivity index (χ1n) is 13.5. The number of hydrogen-bond donors (Lipinski definition) is 5. The molecular weight excluding hydrogens is 518 g/mol. The summed E-state index contributed by atoms with van der Waals surface area (Å²) < 4.78 is 4.96. The summed E-state index contributed by atoms with van der Waals surface area (Å²) in [7, 11) is 0. The summed E-state index contributed by atoms with van der Waals surface area (Å²) in [4.78, 5) is 72.6. The van der Waals surface area contributed by atoms with Crippen molar-refractivity contribution in [3.05, 3.63) is 29.8 Å². The standard InChI is InChI=1S/C28H43N5O7/c1-17(2)23(35)9-6-10-24(36)33-25(18(3)4)27(38)32-22(8-7-15-30-28(29)39)26(37)31-21-13-11-20(12-14-21)16-40-19(5)34/h11-14,17-18,22,25H,6-10,15-16H2,1-5H3,(H,31,37)(H,32,38)(H,33,36)(H3,29,30,39)/t22-,25-/m0/s1. The first-order valence-corrected chi connectivity index (χ1v) is 13.5. The number of carbonyl (C=O) groups is 6. The maximum Gasteiger partial charge on any atom is 0.312 e. The Labute approximate surface area is 235 Å². The van der Waals surface area contributed by atoms with Gasteiger partial charge in [0.05, 0.1) is 0 Å². The molecule has 0 radical (unpaired) electrons. The summed E-state index contributed by atoms with van der Waals surface area (Å²) in [5, 5.41) is 10.6. The molecule has 0 bridgehead atoms. The van der Waals surface area contributed by atoms with E-state index in [0.29, 0.717) is 18.5 Å². The third-order valence-electron chi connectivity index (χ3n) is 6.00. The number of amides is 5. The zero-order valence-corrected chi connectivity index (χ0v) is 24.0. The van der Waals surface area contributed by atoms with Crippen molar-refractivity contribution in [2.45, 2.75) is 85.4 Å². The minimum absolute atomic E-state index is 0.0738. The van der Waals surface area contributed by atoms with Crippen LogP contribution in [0.5, 0.6) is 0 Å². The summed E-state index contributed by atoms with van der Waals surface area (Å²) in [6.45, 7) is 8.78. The number of nitrogens with two attached hydrogens (primary N) is 1. The van der Waals surface area contributed by atoms with E-state index in [1.807, 2.05) is 0 Å². The molecule has 12 nitrogen and oxygen atoms in total. The Morgan fingerprint density at radius 3 is 2.08 bits per heavy atom. The lowest BCUT2D eigenvalue weighted by atomic mass is 10.0. The summed E-state index contributed by atoms with van der Waals surface area (Å²) in [6.07, 6.45) is 1.32. The molecule has 5 amide bonds. The van der Waals surface area contributed by atoms with Crippen LogP contribution in [0, 0.1) is 11.8 Å². The van der Waals surface area contributed by atoms with E-state index in [9.17, 15) is 28.8 Å². The quantitative estimate of drug-likeness (QED) is 0.142. The fraction of sp³-hybridized carbons (Fsp3) is 0.571. The lowest BCUT2D eigenvalue weighted by molar-refractivity contribution is -0.142. The first kappa shape index (κ1) is 34.1. The minimum atomic E-state index is -0.968. The highest BCUT2D eigenvalue weighted by Gasteiger charge is 2.28. The third-order valence-corrected chi connectivity index (χ3v) is 6.00. The van der Waals surface area contributed by atoms with Gasteiger partial charge in [0.15, 0.2) is 0 Å². The molecule has 0 aliphatic carbocycles. The maximum absolute atomic E-state index is 13.2. The topological polar surface area (TPSA) is 186 Å².